The zero-order chi connectivity index (χ0) is 35.4. The summed E-state index contributed by atoms with van der Waals surface area (Å²) >= 11 is 2.98. The molecule has 9 aliphatic carbocycles. The van der Waals surface area contributed by atoms with Crippen LogP contribution in [0.4, 0.5) is 0 Å². The summed E-state index contributed by atoms with van der Waals surface area (Å²) in [5.41, 5.74) is -0.431. The van der Waals surface area contributed by atoms with E-state index in [0.29, 0.717) is 33.5 Å². The number of ether oxygens (including phenoxy) is 4. The molecule has 8 bridgehead atoms. The lowest BCUT2D eigenvalue weighted by molar-refractivity contribution is -0.302. The van der Waals surface area contributed by atoms with Gasteiger partial charge in [0.25, 0.3) is 35.3 Å². The lowest BCUT2D eigenvalue weighted by Crippen LogP contribution is -2.61. The minimum atomic E-state index is -1.54. The second-order valence-corrected chi connectivity index (χ2v) is 20.2. The molecule has 0 aromatic rings. The van der Waals surface area contributed by atoms with Gasteiger partial charge in [-0.2, -0.15) is 0 Å². The average molecular weight is 751 g/mol. The highest BCUT2D eigenvalue weighted by Crippen LogP contribution is 2.66. The predicted octanol–water partition coefficient (Wildman–Crippen LogP) is 5.44. The summed E-state index contributed by atoms with van der Waals surface area (Å²) in [6, 6.07) is 0. The number of rotatable bonds is 2. The molecule has 2 amide bonds. The minimum absolute atomic E-state index is 0.000776. The van der Waals surface area contributed by atoms with Crippen molar-refractivity contribution >= 4 is 47.3 Å². The first-order valence-electron chi connectivity index (χ1n) is 19.1. The number of hydrogen-bond donors (Lipinski definition) is 4. The molecule has 4 N–H and O–H groups in total. The Balaban J connectivity index is 0.777. The van der Waals surface area contributed by atoms with Crippen molar-refractivity contribution in [3.8, 4) is 0 Å². The summed E-state index contributed by atoms with van der Waals surface area (Å²) in [6.07, 6.45) is 14.2. The van der Waals surface area contributed by atoms with Gasteiger partial charge < -0.3 is 39.8 Å². The van der Waals surface area contributed by atoms with Gasteiger partial charge in [0.05, 0.1) is 19.6 Å². The normalized spacial score (nSPS) is 49.8. The van der Waals surface area contributed by atoms with Crippen molar-refractivity contribution in [2.75, 3.05) is 0 Å². The third-order valence-electron chi connectivity index (χ3n) is 14.7. The Bertz CT molecular complexity index is 1670. The van der Waals surface area contributed by atoms with Crippen LogP contribution in [0.2, 0.25) is 0 Å². The van der Waals surface area contributed by atoms with Crippen molar-refractivity contribution in [1.82, 2.24) is 10.6 Å². The van der Waals surface area contributed by atoms with Gasteiger partial charge in [0.2, 0.25) is 0 Å². The molecule has 12 nitrogen and oxygen atoms in total. The number of aliphatic hydroxyl groups is 2. The molecule has 13 rings (SSSR count). The average Bonchev–Trinajstić information content (AvgIpc) is 3.60. The smallest absolute Gasteiger partial charge is 0.348 e. The zero-order valence-electron chi connectivity index (χ0n) is 28.6. The van der Waals surface area contributed by atoms with E-state index in [0.717, 1.165) is 75.0 Å². The Kier molecular flexibility index (Phi) is 6.62. The van der Waals surface area contributed by atoms with Gasteiger partial charge >= 0.3 is 11.9 Å². The topological polar surface area (TPSA) is 170 Å². The van der Waals surface area contributed by atoms with Crippen molar-refractivity contribution in [3.63, 3.8) is 0 Å². The first-order chi connectivity index (χ1) is 24.9. The summed E-state index contributed by atoms with van der Waals surface area (Å²) in [5.74, 6) is -1.90. The van der Waals surface area contributed by atoms with Crippen molar-refractivity contribution < 1.29 is 48.3 Å². The summed E-state index contributed by atoms with van der Waals surface area (Å²) in [7, 11) is 0. The molecule has 11 fully saturated rings. The number of carbonyl (C=O) groups is 4. The maximum Gasteiger partial charge on any atom is 0.348 e. The van der Waals surface area contributed by atoms with Crippen LogP contribution in [0.25, 0.3) is 0 Å². The minimum Gasteiger partial charge on any atom is -0.480 e. The maximum absolute atomic E-state index is 13.4. The summed E-state index contributed by atoms with van der Waals surface area (Å²) in [4.78, 5) is 53.2. The Labute approximate surface area is 308 Å². The maximum atomic E-state index is 13.4. The fourth-order valence-electron chi connectivity index (χ4n) is 12.7. The lowest BCUT2D eigenvalue weighted by atomic mass is 9.53. The van der Waals surface area contributed by atoms with Crippen LogP contribution in [0, 0.1) is 47.3 Å². The van der Waals surface area contributed by atoms with Gasteiger partial charge in [-0.15, -0.1) is 0 Å². The zero-order valence-corrected chi connectivity index (χ0v) is 30.3. The van der Waals surface area contributed by atoms with E-state index < -0.39 is 35.4 Å². The second-order valence-electron chi connectivity index (χ2n) is 17.6. The van der Waals surface area contributed by atoms with E-state index in [2.05, 4.69) is 10.6 Å². The molecule has 9 saturated carbocycles. The van der Waals surface area contributed by atoms with Gasteiger partial charge in [0.15, 0.2) is 0 Å². The molecule has 2 saturated heterocycles. The van der Waals surface area contributed by atoms with Crippen LogP contribution in [0.3, 0.4) is 0 Å². The monoisotopic (exact) mass is 750 g/mol. The summed E-state index contributed by atoms with van der Waals surface area (Å²) in [6.45, 7) is 0. The van der Waals surface area contributed by atoms with Crippen LogP contribution in [0.5, 0.6) is 0 Å². The van der Waals surface area contributed by atoms with Crippen molar-refractivity contribution in [3.05, 3.63) is 45.0 Å². The highest BCUT2D eigenvalue weighted by Gasteiger charge is 2.63. The molecule has 52 heavy (non-hydrogen) atoms. The van der Waals surface area contributed by atoms with Gasteiger partial charge in [-0.25, -0.2) is 9.59 Å². The molecule has 4 heterocycles. The Morgan fingerprint density at radius 2 is 0.846 bits per heavy atom. The molecule has 14 heteroatoms. The fourth-order valence-corrected chi connectivity index (χ4v) is 15.8. The summed E-state index contributed by atoms with van der Waals surface area (Å²) < 4.78 is 23.3. The highest BCUT2D eigenvalue weighted by molar-refractivity contribution is 8.06. The Morgan fingerprint density at radius 1 is 0.519 bits per heavy atom. The van der Waals surface area contributed by atoms with E-state index in [9.17, 15) is 29.4 Å². The van der Waals surface area contributed by atoms with E-state index in [4.69, 9.17) is 18.9 Å². The standard InChI is InChI=1S/C38H42N2O10S2/c41-29-27(51-37(39-29)21-7-17-5-18(9-21)10-22(37)8-17)15-25-31(43)47-35(48-32(25)44)1-2-36(4-3-35)49-33(45)26(34(46)50-36)16-28-30(42)40-38(52-28)23-11-19-6-20(13-23)14-24(38)12-19/h15-24,43,45H,1-14H2,(H,39,41)(H,40,42)/b27-15+,28-16+. The molecular formula is C38H42N2O10S2. The predicted molar refractivity (Wildman–Crippen MR) is 185 cm³/mol. The molecule has 13 aliphatic rings. The fraction of sp³-hybridized carbons (Fsp3) is 0.684. The molecule has 0 aromatic heterocycles. The number of aliphatic hydroxyl groups excluding tert-OH is 2. The van der Waals surface area contributed by atoms with E-state index in [1.807, 2.05) is 0 Å². The molecule has 0 atom stereocenters. The molecule has 4 spiro atoms. The number of amides is 2. The SMILES string of the molecule is O=C1OC2(CCC3(CC2)OC(=O)C(/C=C2/SC4(NC2=O)C2CC5CC(C2)CC4C5)=C(O)O3)OC(O)=C1/C=C1/SC2(NC1=O)C1CC3CC(C1)CC2C3. The van der Waals surface area contributed by atoms with E-state index >= 15 is 0 Å². The molecule has 0 unspecified atom stereocenters. The highest BCUT2D eigenvalue weighted by atomic mass is 32.2. The summed E-state index contributed by atoms with van der Waals surface area (Å²) in [5, 5.41) is 28.6. The number of nitrogens with one attached hydrogen (secondary N) is 2. The molecular weight excluding hydrogens is 709 g/mol. The number of carbonyl (C=O) groups excluding carboxylic acids is 4. The van der Waals surface area contributed by atoms with E-state index in [1.54, 1.807) is 0 Å². The first kappa shape index (κ1) is 32.2. The number of thioether (sulfide) groups is 2. The van der Waals surface area contributed by atoms with Gasteiger partial charge in [-0.05, 0) is 124 Å². The van der Waals surface area contributed by atoms with Crippen LogP contribution in [-0.4, -0.2) is 55.3 Å². The third kappa shape index (κ3) is 4.54. The largest absolute Gasteiger partial charge is 0.480 e. The van der Waals surface area contributed by atoms with Crippen LogP contribution in [0.1, 0.15) is 89.9 Å². The third-order valence-corrected chi connectivity index (χ3v) is 17.9. The number of esters is 2. The van der Waals surface area contributed by atoms with Crippen LogP contribution >= 0.6 is 23.5 Å². The van der Waals surface area contributed by atoms with Crippen molar-refractivity contribution in [2.24, 2.45) is 47.3 Å². The Hall–Kier alpha value is -3.26. The van der Waals surface area contributed by atoms with E-state index in [1.165, 1.54) is 48.5 Å². The van der Waals surface area contributed by atoms with Crippen LogP contribution < -0.4 is 10.6 Å². The van der Waals surface area contributed by atoms with Crippen molar-refractivity contribution in [1.29, 1.82) is 0 Å². The van der Waals surface area contributed by atoms with Crippen LogP contribution in [0.15, 0.2) is 45.0 Å². The quantitative estimate of drug-likeness (QED) is 0.209. The van der Waals surface area contributed by atoms with Gasteiger partial charge in [-0.3, -0.25) is 9.59 Å². The second kappa shape index (κ2) is 10.7. The van der Waals surface area contributed by atoms with Gasteiger partial charge in [0, 0.05) is 25.7 Å². The molecule has 4 aliphatic heterocycles. The molecule has 276 valence electrons. The van der Waals surface area contributed by atoms with Gasteiger partial charge in [-0.1, -0.05) is 23.5 Å². The van der Waals surface area contributed by atoms with Crippen molar-refractivity contribution in [2.45, 2.75) is 111 Å². The Morgan fingerprint density at radius 3 is 1.15 bits per heavy atom. The number of hydrogen-bond acceptors (Lipinski definition) is 12. The van der Waals surface area contributed by atoms with Gasteiger partial charge in [0.1, 0.15) is 11.1 Å². The van der Waals surface area contributed by atoms with Crippen LogP contribution in [-0.2, 0) is 38.1 Å². The molecule has 0 aromatic carbocycles. The van der Waals surface area contributed by atoms with E-state index in [-0.39, 0.29) is 58.4 Å². The molecule has 0 radical (unpaired) electrons. The lowest BCUT2D eigenvalue weighted by Gasteiger charge is -2.59. The first-order valence-corrected chi connectivity index (χ1v) is 20.7.